The Morgan fingerprint density at radius 1 is 0.848 bits per heavy atom. The van der Waals surface area contributed by atoms with Crippen LogP contribution in [0.2, 0.25) is 0 Å². The first kappa shape index (κ1) is 25.0. The number of hydrogen-bond acceptors (Lipinski definition) is 4. The molecule has 0 fully saturated rings. The van der Waals surface area contributed by atoms with Crippen LogP contribution in [0.5, 0.6) is 5.75 Å². The standard InChI is InChI=1S/C29H37NO3/c1-3-4-18-32-23-24(2)33-28-17-11-16-27(19-28)29(31)22-30(20-25-12-7-5-8-13-25)21-26-14-9-6-10-15-26/h5-17,19,24,29,31H,3-4,18,20-23H2,1-2H3/t24-,29-/m1/s1. The van der Waals surface area contributed by atoms with E-state index in [1.165, 1.54) is 11.1 Å². The van der Waals surface area contributed by atoms with Crippen molar-refractivity contribution in [3.63, 3.8) is 0 Å². The van der Waals surface area contributed by atoms with Crippen LogP contribution in [0.25, 0.3) is 0 Å². The Kier molecular flexibility index (Phi) is 10.4. The van der Waals surface area contributed by atoms with E-state index < -0.39 is 6.10 Å². The van der Waals surface area contributed by atoms with Gasteiger partial charge in [-0.25, -0.2) is 0 Å². The Hall–Kier alpha value is -2.66. The fraction of sp³-hybridized carbons (Fsp3) is 0.379. The van der Waals surface area contributed by atoms with Crippen molar-refractivity contribution in [1.82, 2.24) is 4.90 Å². The Balaban J connectivity index is 1.63. The number of ether oxygens (including phenoxy) is 2. The molecule has 0 heterocycles. The highest BCUT2D eigenvalue weighted by atomic mass is 16.5. The SMILES string of the molecule is CCCCOC[C@@H](C)Oc1cccc([C@H](O)CN(Cc2ccccc2)Cc2ccccc2)c1. The van der Waals surface area contributed by atoms with Gasteiger partial charge in [-0.3, -0.25) is 4.90 Å². The van der Waals surface area contributed by atoms with E-state index in [0.717, 1.165) is 43.9 Å². The first-order valence-corrected chi connectivity index (χ1v) is 12.0. The second-order valence-electron chi connectivity index (χ2n) is 8.59. The summed E-state index contributed by atoms with van der Waals surface area (Å²) in [6, 6.07) is 28.6. The summed E-state index contributed by atoms with van der Waals surface area (Å²) in [4.78, 5) is 2.28. The molecule has 3 aromatic carbocycles. The quantitative estimate of drug-likeness (QED) is 0.308. The first-order chi connectivity index (χ1) is 16.1. The number of unbranched alkanes of at least 4 members (excludes halogenated alkanes) is 1. The van der Waals surface area contributed by atoms with Crippen LogP contribution in [0.4, 0.5) is 0 Å². The van der Waals surface area contributed by atoms with E-state index in [2.05, 4.69) is 60.4 Å². The molecule has 0 spiro atoms. The lowest BCUT2D eigenvalue weighted by Crippen LogP contribution is -2.28. The lowest BCUT2D eigenvalue weighted by Gasteiger charge is -2.26. The Labute approximate surface area is 198 Å². The van der Waals surface area contributed by atoms with E-state index in [-0.39, 0.29) is 6.10 Å². The highest BCUT2D eigenvalue weighted by Gasteiger charge is 2.16. The summed E-state index contributed by atoms with van der Waals surface area (Å²) in [6.07, 6.45) is 1.54. The number of rotatable bonds is 14. The average Bonchev–Trinajstić information content (AvgIpc) is 2.83. The topological polar surface area (TPSA) is 41.9 Å². The fourth-order valence-corrected chi connectivity index (χ4v) is 3.78. The maximum Gasteiger partial charge on any atom is 0.120 e. The van der Waals surface area contributed by atoms with Gasteiger partial charge >= 0.3 is 0 Å². The van der Waals surface area contributed by atoms with Gasteiger partial charge in [0.2, 0.25) is 0 Å². The molecule has 33 heavy (non-hydrogen) atoms. The molecule has 1 N–H and O–H groups in total. The average molecular weight is 448 g/mol. The normalized spacial score (nSPS) is 13.1. The zero-order chi connectivity index (χ0) is 23.3. The van der Waals surface area contributed by atoms with Crippen molar-refractivity contribution in [2.45, 2.75) is 52.0 Å². The maximum atomic E-state index is 11.1. The van der Waals surface area contributed by atoms with Crippen molar-refractivity contribution >= 4 is 0 Å². The van der Waals surface area contributed by atoms with E-state index >= 15 is 0 Å². The number of benzene rings is 3. The first-order valence-electron chi connectivity index (χ1n) is 12.0. The molecule has 0 radical (unpaired) electrons. The van der Waals surface area contributed by atoms with Crippen LogP contribution in [0.15, 0.2) is 84.9 Å². The van der Waals surface area contributed by atoms with Crippen LogP contribution < -0.4 is 4.74 Å². The van der Waals surface area contributed by atoms with Crippen molar-refractivity contribution in [2.24, 2.45) is 0 Å². The van der Waals surface area contributed by atoms with Gasteiger partial charge in [-0.1, -0.05) is 86.1 Å². The molecule has 3 rings (SSSR count). The Morgan fingerprint density at radius 2 is 1.48 bits per heavy atom. The van der Waals surface area contributed by atoms with Crippen molar-refractivity contribution in [3.05, 3.63) is 102 Å². The summed E-state index contributed by atoms with van der Waals surface area (Å²) in [6.45, 7) is 7.57. The largest absolute Gasteiger partial charge is 0.488 e. The summed E-state index contributed by atoms with van der Waals surface area (Å²) in [5, 5.41) is 11.1. The van der Waals surface area contributed by atoms with Crippen molar-refractivity contribution in [3.8, 4) is 5.75 Å². The van der Waals surface area contributed by atoms with Crippen molar-refractivity contribution in [2.75, 3.05) is 19.8 Å². The number of hydrogen-bond donors (Lipinski definition) is 1. The van der Waals surface area contributed by atoms with Gasteiger partial charge in [0.15, 0.2) is 0 Å². The molecule has 4 nitrogen and oxygen atoms in total. The summed E-state index contributed by atoms with van der Waals surface area (Å²) in [5.74, 6) is 0.760. The van der Waals surface area contributed by atoms with Gasteiger partial charge < -0.3 is 14.6 Å². The van der Waals surface area contributed by atoms with Gasteiger partial charge in [0.1, 0.15) is 11.9 Å². The van der Waals surface area contributed by atoms with E-state index in [9.17, 15) is 5.11 Å². The summed E-state index contributed by atoms with van der Waals surface area (Å²) in [7, 11) is 0. The molecule has 2 atom stereocenters. The third kappa shape index (κ3) is 9.01. The number of nitrogens with zero attached hydrogens (tertiary/aromatic N) is 1. The molecule has 3 aromatic rings. The molecule has 0 amide bonds. The van der Waals surface area contributed by atoms with E-state index in [1.807, 2.05) is 43.3 Å². The zero-order valence-electron chi connectivity index (χ0n) is 19.9. The molecule has 0 aliphatic carbocycles. The molecule has 0 aliphatic rings. The zero-order valence-corrected chi connectivity index (χ0v) is 19.9. The highest BCUT2D eigenvalue weighted by molar-refractivity contribution is 5.30. The molecular weight excluding hydrogens is 410 g/mol. The van der Waals surface area contributed by atoms with Crippen molar-refractivity contribution in [1.29, 1.82) is 0 Å². The molecule has 0 aliphatic heterocycles. The highest BCUT2D eigenvalue weighted by Crippen LogP contribution is 2.23. The van der Waals surface area contributed by atoms with Crippen LogP contribution in [-0.4, -0.2) is 35.9 Å². The second-order valence-corrected chi connectivity index (χ2v) is 8.59. The molecule has 0 unspecified atom stereocenters. The predicted octanol–water partition coefficient (Wildman–Crippen LogP) is 6.01. The van der Waals surface area contributed by atoms with Gasteiger partial charge in [-0.05, 0) is 42.2 Å². The molecular formula is C29H37NO3. The minimum Gasteiger partial charge on any atom is -0.488 e. The fourth-order valence-electron chi connectivity index (χ4n) is 3.78. The van der Waals surface area contributed by atoms with Gasteiger partial charge in [0.05, 0.1) is 12.7 Å². The van der Waals surface area contributed by atoms with Gasteiger partial charge in [0, 0.05) is 26.2 Å². The van der Waals surface area contributed by atoms with Crippen LogP contribution in [0, 0.1) is 0 Å². The predicted molar refractivity (Wildman–Crippen MR) is 134 cm³/mol. The van der Waals surface area contributed by atoms with Gasteiger partial charge in [-0.2, -0.15) is 0 Å². The van der Waals surface area contributed by atoms with Gasteiger partial charge in [-0.15, -0.1) is 0 Å². The molecule has 0 saturated carbocycles. The summed E-state index contributed by atoms with van der Waals surface area (Å²) >= 11 is 0. The molecule has 0 bridgehead atoms. The lowest BCUT2D eigenvalue weighted by atomic mass is 10.1. The Bertz CT molecular complexity index is 875. The van der Waals surface area contributed by atoms with Gasteiger partial charge in [0.25, 0.3) is 0 Å². The molecule has 4 heteroatoms. The maximum absolute atomic E-state index is 11.1. The number of aliphatic hydroxyl groups excluding tert-OH is 1. The van der Waals surface area contributed by atoms with Crippen molar-refractivity contribution < 1.29 is 14.6 Å². The lowest BCUT2D eigenvalue weighted by molar-refractivity contribution is 0.0568. The smallest absolute Gasteiger partial charge is 0.120 e. The van der Waals surface area contributed by atoms with E-state index in [0.29, 0.717) is 13.2 Å². The molecule has 0 aromatic heterocycles. The molecule has 176 valence electrons. The van der Waals surface area contributed by atoms with Crippen LogP contribution in [0.3, 0.4) is 0 Å². The summed E-state index contributed by atoms with van der Waals surface area (Å²) in [5.41, 5.74) is 3.32. The second kappa shape index (κ2) is 13.8. The monoisotopic (exact) mass is 447 g/mol. The number of aliphatic hydroxyl groups is 1. The Morgan fingerprint density at radius 3 is 2.09 bits per heavy atom. The van der Waals surface area contributed by atoms with Crippen LogP contribution in [0.1, 0.15) is 49.5 Å². The summed E-state index contributed by atoms with van der Waals surface area (Å²) < 4.78 is 11.7. The van der Waals surface area contributed by atoms with Crippen LogP contribution >= 0.6 is 0 Å². The van der Waals surface area contributed by atoms with E-state index in [1.54, 1.807) is 0 Å². The third-order valence-corrected chi connectivity index (χ3v) is 5.50. The third-order valence-electron chi connectivity index (χ3n) is 5.50. The minimum absolute atomic E-state index is 0.0399. The minimum atomic E-state index is -0.614. The van der Waals surface area contributed by atoms with Crippen LogP contribution in [-0.2, 0) is 17.8 Å². The van der Waals surface area contributed by atoms with E-state index in [4.69, 9.17) is 9.47 Å². The molecule has 0 saturated heterocycles.